The molecule has 1 N–H and O–H groups in total. The van der Waals surface area contributed by atoms with Crippen LogP contribution in [0.3, 0.4) is 0 Å². The number of pyridine rings is 1. The normalized spacial score (nSPS) is 13.4. The third-order valence-electron chi connectivity index (χ3n) is 7.40. The van der Waals surface area contributed by atoms with E-state index in [0.29, 0.717) is 47.5 Å². The number of ether oxygens (including phenoxy) is 1. The zero-order valence-corrected chi connectivity index (χ0v) is 24.8. The van der Waals surface area contributed by atoms with Crippen LogP contribution in [0.2, 0.25) is 0 Å². The maximum absolute atomic E-state index is 13.5. The van der Waals surface area contributed by atoms with Crippen LogP contribution in [0.5, 0.6) is 5.75 Å². The number of amides is 1. The van der Waals surface area contributed by atoms with E-state index in [9.17, 15) is 9.59 Å². The van der Waals surface area contributed by atoms with Gasteiger partial charge in [0.1, 0.15) is 5.39 Å². The van der Waals surface area contributed by atoms with Gasteiger partial charge in [-0.3, -0.25) is 14.5 Å². The van der Waals surface area contributed by atoms with Gasteiger partial charge in [0.05, 0.1) is 6.54 Å². The molecule has 0 fully saturated rings. The van der Waals surface area contributed by atoms with Crippen LogP contribution >= 0.6 is 0 Å². The molecule has 0 saturated carbocycles. The van der Waals surface area contributed by atoms with E-state index in [2.05, 4.69) is 58.3 Å². The summed E-state index contributed by atoms with van der Waals surface area (Å²) in [6.07, 6.45) is 8.17. The highest BCUT2D eigenvalue weighted by molar-refractivity contribution is 5.96. The zero-order valence-electron chi connectivity index (χ0n) is 24.8. The summed E-state index contributed by atoms with van der Waals surface area (Å²) in [5.74, 6) is 1.60. The van der Waals surface area contributed by atoms with Crippen molar-refractivity contribution in [1.29, 1.82) is 0 Å². The monoisotopic (exact) mass is 581 g/mol. The minimum atomic E-state index is -0.239. The lowest BCUT2D eigenvalue weighted by molar-refractivity contribution is -0.121. The first-order valence-corrected chi connectivity index (χ1v) is 14.4. The number of nitrogens with one attached hydrogen (secondary N) is 1. The van der Waals surface area contributed by atoms with E-state index in [0.717, 1.165) is 36.1 Å². The first-order chi connectivity index (χ1) is 20.9. The number of aromatic nitrogens is 6. The van der Waals surface area contributed by atoms with Gasteiger partial charge in [0.25, 0.3) is 11.5 Å². The Hall–Kier alpha value is -4.97. The van der Waals surface area contributed by atoms with Crippen molar-refractivity contribution in [2.24, 2.45) is 0 Å². The summed E-state index contributed by atoms with van der Waals surface area (Å²) in [4.78, 5) is 44.0. The molecule has 1 amide bonds. The Morgan fingerprint density at radius 1 is 1.09 bits per heavy atom. The molecule has 6 rings (SSSR count). The van der Waals surface area contributed by atoms with Crippen molar-refractivity contribution in [3.63, 3.8) is 0 Å². The highest BCUT2D eigenvalue weighted by Gasteiger charge is 2.28. The number of carbonyl (C=O) groups is 1. The number of fused-ring (bicyclic) bond motifs is 3. The second-order valence-corrected chi connectivity index (χ2v) is 10.7. The lowest BCUT2D eigenvalue weighted by Crippen LogP contribution is -2.40. The number of rotatable bonds is 10. The Morgan fingerprint density at radius 3 is 2.74 bits per heavy atom. The topological polar surface area (TPSA) is 115 Å². The average Bonchev–Trinajstić information content (AvgIpc) is 3.53. The Balaban J connectivity index is 1.41. The molecule has 12 nitrogen and oxygen atoms in total. The molecule has 0 radical (unpaired) electrons. The Bertz CT molecular complexity index is 1900. The minimum absolute atomic E-state index is 0.0265. The third-order valence-corrected chi connectivity index (χ3v) is 7.40. The molecule has 1 aliphatic rings. The molecule has 0 aliphatic carbocycles. The van der Waals surface area contributed by atoms with Gasteiger partial charge in [-0.05, 0) is 63.8 Å². The van der Waals surface area contributed by atoms with Gasteiger partial charge < -0.3 is 19.5 Å². The summed E-state index contributed by atoms with van der Waals surface area (Å²) < 4.78 is 11.1. The molecular formula is C31H35N9O3. The SMILES string of the molecule is C/C=C\Cn1c(=O)c2cnc(Nc3ccc4c(ccn4CCN(C)C)c3)nc2n1-c1ccc2c(n1)N(CCC)C(=O)CO2. The quantitative estimate of drug-likeness (QED) is 0.247. The van der Waals surface area contributed by atoms with Crippen molar-refractivity contribution in [3.05, 3.63) is 71.3 Å². The standard InChI is InChI=1S/C31H35N9O3/c1-5-7-14-39-30(42)23-19-32-31(33-22-8-9-24-21(18-22)12-15-37(24)17-16-36(3)4)35-28(23)40(39)26-11-10-25-29(34-26)38(13-6-2)27(41)20-43-25/h5,7-12,15,18-19H,6,13-14,16-17,20H2,1-4H3,(H,32,33,35)/b7-5-. The number of benzene rings is 1. The van der Waals surface area contributed by atoms with Gasteiger partial charge in [0, 0.05) is 48.6 Å². The second-order valence-electron chi connectivity index (χ2n) is 10.7. The zero-order chi connectivity index (χ0) is 30.1. The van der Waals surface area contributed by atoms with Gasteiger partial charge in [-0.25, -0.2) is 19.3 Å². The van der Waals surface area contributed by atoms with Crippen LogP contribution in [0.4, 0.5) is 17.5 Å². The highest BCUT2D eigenvalue weighted by Crippen LogP contribution is 2.32. The van der Waals surface area contributed by atoms with Crippen molar-refractivity contribution < 1.29 is 9.53 Å². The number of likely N-dealkylation sites (N-methyl/N-ethyl adjacent to an activating group) is 1. The molecular weight excluding hydrogens is 546 g/mol. The summed E-state index contributed by atoms with van der Waals surface area (Å²) in [5.41, 5.74) is 2.15. The predicted molar refractivity (Wildman–Crippen MR) is 168 cm³/mol. The number of nitrogens with zero attached hydrogens (tertiary/aromatic N) is 8. The smallest absolute Gasteiger partial charge is 0.278 e. The summed E-state index contributed by atoms with van der Waals surface area (Å²) in [6.45, 7) is 6.55. The molecule has 0 atom stereocenters. The van der Waals surface area contributed by atoms with Gasteiger partial charge in [-0.2, -0.15) is 4.98 Å². The van der Waals surface area contributed by atoms with Crippen LogP contribution in [0.1, 0.15) is 20.3 Å². The Morgan fingerprint density at radius 2 is 1.95 bits per heavy atom. The van der Waals surface area contributed by atoms with E-state index in [4.69, 9.17) is 14.7 Å². The number of hydrogen-bond acceptors (Lipinski definition) is 8. The van der Waals surface area contributed by atoms with E-state index >= 15 is 0 Å². The van der Waals surface area contributed by atoms with E-state index in [1.165, 1.54) is 0 Å². The van der Waals surface area contributed by atoms with Crippen LogP contribution < -0.4 is 20.5 Å². The maximum Gasteiger partial charge on any atom is 0.278 e. The fourth-order valence-electron chi connectivity index (χ4n) is 5.24. The first-order valence-electron chi connectivity index (χ1n) is 14.4. The van der Waals surface area contributed by atoms with Gasteiger partial charge >= 0.3 is 0 Å². The van der Waals surface area contributed by atoms with Gasteiger partial charge in [-0.1, -0.05) is 19.1 Å². The largest absolute Gasteiger partial charge is 0.480 e. The van der Waals surface area contributed by atoms with E-state index in [1.54, 1.807) is 32.6 Å². The summed E-state index contributed by atoms with van der Waals surface area (Å²) in [6, 6.07) is 11.8. The molecule has 4 aromatic heterocycles. The van der Waals surface area contributed by atoms with Crippen LogP contribution in [0.15, 0.2) is 65.7 Å². The minimum Gasteiger partial charge on any atom is -0.480 e. The maximum atomic E-state index is 13.5. The molecule has 0 unspecified atom stereocenters. The third kappa shape index (κ3) is 5.37. The molecule has 43 heavy (non-hydrogen) atoms. The number of hydrogen-bond donors (Lipinski definition) is 1. The molecule has 222 valence electrons. The molecule has 0 bridgehead atoms. The fourth-order valence-corrected chi connectivity index (χ4v) is 5.24. The van der Waals surface area contributed by atoms with Gasteiger partial charge in [0.15, 0.2) is 29.6 Å². The molecule has 5 aromatic rings. The van der Waals surface area contributed by atoms with Crippen molar-refractivity contribution in [2.75, 3.05) is 44.0 Å². The lowest BCUT2D eigenvalue weighted by atomic mass is 10.2. The molecule has 1 aliphatic heterocycles. The van der Waals surface area contributed by atoms with Gasteiger partial charge in [0.2, 0.25) is 5.95 Å². The highest BCUT2D eigenvalue weighted by atomic mass is 16.5. The second kappa shape index (κ2) is 11.7. The van der Waals surface area contributed by atoms with Crippen LogP contribution in [0, 0.1) is 0 Å². The van der Waals surface area contributed by atoms with E-state index < -0.39 is 0 Å². The van der Waals surface area contributed by atoms with Gasteiger partial charge in [-0.15, -0.1) is 0 Å². The molecule has 1 aromatic carbocycles. The van der Waals surface area contributed by atoms with Crippen molar-refractivity contribution in [2.45, 2.75) is 33.4 Å². The molecule has 5 heterocycles. The van der Waals surface area contributed by atoms with Crippen LogP contribution in [-0.4, -0.2) is 73.5 Å². The van der Waals surface area contributed by atoms with Crippen LogP contribution in [-0.2, 0) is 17.9 Å². The molecule has 0 saturated heterocycles. The fraction of sp³-hybridized carbons (Fsp3) is 0.323. The summed E-state index contributed by atoms with van der Waals surface area (Å²) in [7, 11) is 4.13. The van der Waals surface area contributed by atoms with Crippen molar-refractivity contribution >= 4 is 45.3 Å². The number of allylic oxidation sites excluding steroid dienone is 2. The number of carbonyl (C=O) groups excluding carboxylic acids is 1. The average molecular weight is 582 g/mol. The molecule has 0 spiro atoms. The summed E-state index contributed by atoms with van der Waals surface area (Å²) in [5, 5.41) is 4.77. The Kier molecular flexibility index (Phi) is 7.68. The Labute approximate surface area is 248 Å². The molecule has 12 heteroatoms. The van der Waals surface area contributed by atoms with Crippen LogP contribution in [0.25, 0.3) is 27.8 Å². The van der Waals surface area contributed by atoms with Crippen molar-refractivity contribution in [1.82, 2.24) is 33.8 Å². The van der Waals surface area contributed by atoms with E-state index in [-0.39, 0.29) is 18.1 Å². The van der Waals surface area contributed by atoms with Crippen molar-refractivity contribution in [3.8, 4) is 11.6 Å². The predicted octanol–water partition coefficient (Wildman–Crippen LogP) is 3.95. The summed E-state index contributed by atoms with van der Waals surface area (Å²) >= 11 is 0. The van der Waals surface area contributed by atoms with E-state index in [1.807, 2.05) is 32.1 Å². The lowest BCUT2D eigenvalue weighted by Gasteiger charge is -2.28. The number of anilines is 3. The first kappa shape index (κ1) is 28.2.